The minimum atomic E-state index is -3.52. The van der Waals surface area contributed by atoms with E-state index in [2.05, 4.69) is 9.97 Å². The van der Waals surface area contributed by atoms with Crippen LogP contribution in [0.5, 0.6) is 0 Å². The van der Waals surface area contributed by atoms with Crippen LogP contribution in [0.15, 0.2) is 11.2 Å². The van der Waals surface area contributed by atoms with Gasteiger partial charge in [0.05, 0.1) is 6.20 Å². The Morgan fingerprint density at radius 1 is 1.53 bits per heavy atom. The quantitative estimate of drug-likeness (QED) is 0.842. The van der Waals surface area contributed by atoms with Gasteiger partial charge >= 0.3 is 0 Å². The van der Waals surface area contributed by atoms with Gasteiger partial charge in [-0.1, -0.05) is 13.3 Å². The number of H-pyrrole nitrogens is 1. The van der Waals surface area contributed by atoms with Crippen LogP contribution in [0.3, 0.4) is 0 Å². The molecule has 0 radical (unpaired) electrons. The molecule has 0 bridgehead atoms. The summed E-state index contributed by atoms with van der Waals surface area (Å²) in [5.41, 5.74) is 0. The first-order chi connectivity index (χ1) is 9.09. The van der Waals surface area contributed by atoms with Crippen molar-refractivity contribution in [2.75, 3.05) is 13.2 Å². The van der Waals surface area contributed by atoms with Gasteiger partial charge in [-0.05, 0) is 19.3 Å². The van der Waals surface area contributed by atoms with Crippen molar-refractivity contribution in [2.24, 2.45) is 0 Å². The molecular weight excluding hydrogens is 266 g/mol. The van der Waals surface area contributed by atoms with Crippen molar-refractivity contribution >= 4 is 10.0 Å². The summed E-state index contributed by atoms with van der Waals surface area (Å²) >= 11 is 0. The van der Waals surface area contributed by atoms with Crippen LogP contribution >= 0.6 is 0 Å². The lowest BCUT2D eigenvalue weighted by atomic mass is 10.0. The fraction of sp³-hybridized carbons (Fsp3) is 0.750. The molecule has 1 atom stereocenters. The van der Waals surface area contributed by atoms with Crippen LogP contribution in [0, 0.1) is 0 Å². The molecule has 1 unspecified atom stereocenters. The summed E-state index contributed by atoms with van der Waals surface area (Å²) in [7, 11) is -3.52. The summed E-state index contributed by atoms with van der Waals surface area (Å²) in [5, 5.41) is 9.23. The van der Waals surface area contributed by atoms with E-state index in [0.29, 0.717) is 25.2 Å². The molecule has 0 amide bonds. The predicted octanol–water partition coefficient (Wildman–Crippen LogP) is 0.898. The molecule has 1 aliphatic rings. The van der Waals surface area contributed by atoms with Crippen molar-refractivity contribution in [1.82, 2.24) is 14.3 Å². The summed E-state index contributed by atoms with van der Waals surface area (Å²) in [4.78, 5) is 6.92. The highest BCUT2D eigenvalue weighted by Gasteiger charge is 2.34. The molecule has 108 valence electrons. The van der Waals surface area contributed by atoms with E-state index >= 15 is 0 Å². The maximum absolute atomic E-state index is 12.6. The highest BCUT2D eigenvalue weighted by molar-refractivity contribution is 7.89. The van der Waals surface area contributed by atoms with Crippen LogP contribution in [0.2, 0.25) is 0 Å². The second-order valence-corrected chi connectivity index (χ2v) is 6.68. The lowest BCUT2D eigenvalue weighted by Crippen LogP contribution is -2.44. The molecule has 1 aromatic rings. The monoisotopic (exact) mass is 287 g/mol. The average molecular weight is 287 g/mol. The minimum Gasteiger partial charge on any atom is -0.396 e. The summed E-state index contributed by atoms with van der Waals surface area (Å²) in [6, 6.07) is -0.0999. The number of nitrogens with zero attached hydrogens (tertiary/aromatic N) is 2. The lowest BCUT2D eigenvalue weighted by Gasteiger charge is -2.33. The number of aryl methyl sites for hydroxylation is 1. The summed E-state index contributed by atoms with van der Waals surface area (Å²) in [6.45, 7) is 2.46. The van der Waals surface area contributed by atoms with Gasteiger partial charge in [0.25, 0.3) is 10.0 Å². The first-order valence-corrected chi connectivity index (χ1v) is 8.20. The van der Waals surface area contributed by atoms with Gasteiger partial charge in [-0.15, -0.1) is 0 Å². The molecule has 19 heavy (non-hydrogen) atoms. The Bertz CT molecular complexity index is 510. The fourth-order valence-corrected chi connectivity index (χ4v) is 4.17. The standard InChI is InChI=1S/C12H21N3O3S/c1-2-11-13-9-12(14-11)19(17,18)15-7-4-3-5-10(15)6-8-16/h9-10,16H,2-8H2,1H3,(H,13,14). The Morgan fingerprint density at radius 2 is 2.32 bits per heavy atom. The highest BCUT2D eigenvalue weighted by atomic mass is 32.2. The predicted molar refractivity (Wildman–Crippen MR) is 71.2 cm³/mol. The number of aromatic amines is 1. The van der Waals surface area contributed by atoms with E-state index in [9.17, 15) is 8.42 Å². The zero-order chi connectivity index (χ0) is 13.9. The van der Waals surface area contributed by atoms with Gasteiger partial charge in [-0.25, -0.2) is 13.4 Å². The number of piperidine rings is 1. The van der Waals surface area contributed by atoms with E-state index in [-0.39, 0.29) is 17.7 Å². The highest BCUT2D eigenvalue weighted by Crippen LogP contribution is 2.26. The topological polar surface area (TPSA) is 86.3 Å². The number of aromatic nitrogens is 2. The largest absolute Gasteiger partial charge is 0.396 e. The van der Waals surface area contributed by atoms with Crippen molar-refractivity contribution in [3.05, 3.63) is 12.0 Å². The van der Waals surface area contributed by atoms with Gasteiger partial charge < -0.3 is 10.1 Å². The third-order valence-electron chi connectivity index (χ3n) is 3.56. The number of aliphatic hydroxyl groups is 1. The van der Waals surface area contributed by atoms with Crippen molar-refractivity contribution in [1.29, 1.82) is 0 Å². The van der Waals surface area contributed by atoms with Gasteiger partial charge in [0.2, 0.25) is 0 Å². The number of hydrogen-bond acceptors (Lipinski definition) is 4. The van der Waals surface area contributed by atoms with Gasteiger partial charge in [0.15, 0.2) is 5.03 Å². The Balaban J connectivity index is 2.25. The van der Waals surface area contributed by atoms with Gasteiger partial charge in [-0.3, -0.25) is 0 Å². The Morgan fingerprint density at radius 3 is 2.95 bits per heavy atom. The van der Waals surface area contributed by atoms with E-state index in [1.807, 2.05) is 6.92 Å². The summed E-state index contributed by atoms with van der Waals surface area (Å²) in [5.74, 6) is 0.675. The third kappa shape index (κ3) is 2.98. The van der Waals surface area contributed by atoms with Crippen LogP contribution < -0.4 is 0 Å². The zero-order valence-electron chi connectivity index (χ0n) is 11.2. The minimum absolute atomic E-state index is 0.0138. The van der Waals surface area contributed by atoms with Crippen molar-refractivity contribution in [3.63, 3.8) is 0 Å². The Labute approximate surface area is 113 Å². The zero-order valence-corrected chi connectivity index (χ0v) is 12.0. The maximum atomic E-state index is 12.6. The number of rotatable bonds is 5. The molecule has 2 heterocycles. The van der Waals surface area contributed by atoms with Crippen LogP contribution in [0.25, 0.3) is 0 Å². The number of nitrogens with one attached hydrogen (secondary N) is 1. The SMILES string of the molecule is CCc1ncc(S(=O)(=O)N2CCCCC2CCO)[nH]1. The Hall–Kier alpha value is -0.920. The average Bonchev–Trinajstić information content (AvgIpc) is 2.89. The molecule has 2 N–H and O–H groups in total. The normalized spacial score (nSPS) is 21.7. The van der Waals surface area contributed by atoms with E-state index in [1.165, 1.54) is 10.5 Å². The first kappa shape index (κ1) is 14.5. The fourth-order valence-electron chi connectivity index (χ4n) is 2.51. The molecule has 6 nitrogen and oxygen atoms in total. The van der Waals surface area contributed by atoms with Crippen LogP contribution in [-0.2, 0) is 16.4 Å². The molecule has 0 aliphatic carbocycles. The molecule has 1 saturated heterocycles. The number of sulfonamides is 1. The van der Waals surface area contributed by atoms with E-state index in [4.69, 9.17) is 5.11 Å². The van der Waals surface area contributed by atoms with E-state index in [1.54, 1.807) is 0 Å². The van der Waals surface area contributed by atoms with Crippen LogP contribution in [-0.4, -0.2) is 47.0 Å². The van der Waals surface area contributed by atoms with Gasteiger partial charge in [-0.2, -0.15) is 4.31 Å². The molecule has 1 aromatic heterocycles. The lowest BCUT2D eigenvalue weighted by molar-refractivity contribution is 0.192. The Kier molecular flexibility index (Phi) is 4.59. The molecule has 0 aromatic carbocycles. The molecule has 0 spiro atoms. The first-order valence-electron chi connectivity index (χ1n) is 6.76. The van der Waals surface area contributed by atoms with Crippen LogP contribution in [0.1, 0.15) is 38.4 Å². The number of imidazole rings is 1. The maximum Gasteiger partial charge on any atom is 0.260 e. The van der Waals surface area contributed by atoms with Crippen LogP contribution in [0.4, 0.5) is 0 Å². The smallest absolute Gasteiger partial charge is 0.260 e. The molecule has 1 aliphatic heterocycles. The molecule has 2 rings (SSSR count). The molecule has 7 heteroatoms. The summed E-state index contributed by atoms with van der Waals surface area (Å²) < 4.78 is 26.7. The third-order valence-corrected chi connectivity index (χ3v) is 5.42. The van der Waals surface area contributed by atoms with E-state index < -0.39 is 10.0 Å². The molecule has 0 saturated carbocycles. The molecule has 1 fully saturated rings. The van der Waals surface area contributed by atoms with Crippen molar-refractivity contribution < 1.29 is 13.5 Å². The second kappa shape index (κ2) is 6.02. The molecular formula is C12H21N3O3S. The van der Waals surface area contributed by atoms with Gasteiger partial charge in [0, 0.05) is 25.6 Å². The van der Waals surface area contributed by atoms with Crippen molar-refractivity contribution in [3.8, 4) is 0 Å². The summed E-state index contributed by atoms with van der Waals surface area (Å²) in [6.07, 6.45) is 5.26. The van der Waals surface area contributed by atoms with Crippen molar-refractivity contribution in [2.45, 2.75) is 50.1 Å². The van der Waals surface area contributed by atoms with Gasteiger partial charge in [0.1, 0.15) is 5.82 Å². The van der Waals surface area contributed by atoms with E-state index in [0.717, 1.165) is 19.3 Å². The number of hydrogen-bond donors (Lipinski definition) is 2. The number of aliphatic hydroxyl groups excluding tert-OH is 1. The second-order valence-electron chi connectivity index (χ2n) is 4.83.